The van der Waals surface area contributed by atoms with Crippen LogP contribution in [0.2, 0.25) is 0 Å². The molecule has 96 valence electrons. The van der Waals surface area contributed by atoms with E-state index in [1.165, 1.54) is 6.08 Å². The zero-order valence-electron chi connectivity index (χ0n) is 10.00. The van der Waals surface area contributed by atoms with E-state index in [1.54, 1.807) is 6.92 Å². The van der Waals surface area contributed by atoms with E-state index in [-0.39, 0.29) is 0 Å². The highest BCUT2D eigenvalue weighted by atomic mass is 16.6. The third kappa shape index (κ3) is 5.69. The SMILES string of the molecule is CC(C=CC(=O)O)OC(=O)NCc1ccccc1. The highest BCUT2D eigenvalue weighted by Gasteiger charge is 2.06. The molecule has 0 bridgehead atoms. The van der Waals surface area contributed by atoms with Crippen LogP contribution in [0.1, 0.15) is 12.5 Å². The number of carbonyl (C=O) groups is 2. The monoisotopic (exact) mass is 249 g/mol. The van der Waals surface area contributed by atoms with Gasteiger partial charge in [-0.3, -0.25) is 0 Å². The maximum absolute atomic E-state index is 11.4. The molecule has 5 nitrogen and oxygen atoms in total. The average molecular weight is 249 g/mol. The summed E-state index contributed by atoms with van der Waals surface area (Å²) in [7, 11) is 0. The summed E-state index contributed by atoms with van der Waals surface area (Å²) in [6.07, 6.45) is 1.07. The van der Waals surface area contributed by atoms with E-state index >= 15 is 0 Å². The van der Waals surface area contributed by atoms with E-state index in [0.29, 0.717) is 6.54 Å². The van der Waals surface area contributed by atoms with E-state index in [1.807, 2.05) is 30.3 Å². The molecule has 0 aliphatic heterocycles. The lowest BCUT2D eigenvalue weighted by molar-refractivity contribution is -0.131. The Hall–Kier alpha value is -2.30. The van der Waals surface area contributed by atoms with Gasteiger partial charge >= 0.3 is 12.1 Å². The third-order valence-corrected chi connectivity index (χ3v) is 2.08. The Kier molecular flexibility index (Phi) is 5.44. The van der Waals surface area contributed by atoms with Gasteiger partial charge in [0.25, 0.3) is 0 Å². The lowest BCUT2D eigenvalue weighted by Crippen LogP contribution is -2.26. The van der Waals surface area contributed by atoms with Crippen LogP contribution in [-0.2, 0) is 16.1 Å². The summed E-state index contributed by atoms with van der Waals surface area (Å²) in [6.45, 7) is 1.95. The summed E-state index contributed by atoms with van der Waals surface area (Å²) >= 11 is 0. The second-order valence-electron chi connectivity index (χ2n) is 3.65. The number of rotatable bonds is 5. The number of carbonyl (C=O) groups excluding carboxylic acids is 1. The lowest BCUT2D eigenvalue weighted by Gasteiger charge is -2.10. The Morgan fingerprint density at radius 3 is 2.67 bits per heavy atom. The minimum atomic E-state index is -1.07. The molecule has 0 aliphatic carbocycles. The molecule has 1 atom stereocenters. The van der Waals surface area contributed by atoms with Crippen molar-refractivity contribution in [2.24, 2.45) is 0 Å². The fourth-order valence-electron chi connectivity index (χ4n) is 1.24. The van der Waals surface area contributed by atoms with E-state index < -0.39 is 18.2 Å². The lowest BCUT2D eigenvalue weighted by atomic mass is 10.2. The molecule has 18 heavy (non-hydrogen) atoms. The Balaban J connectivity index is 2.31. The number of carboxylic acid groups (broad SMARTS) is 1. The van der Waals surface area contributed by atoms with Gasteiger partial charge in [-0.05, 0) is 18.6 Å². The molecule has 1 aromatic rings. The molecule has 5 heteroatoms. The number of carboxylic acids is 1. The van der Waals surface area contributed by atoms with Crippen LogP contribution in [0.4, 0.5) is 4.79 Å². The van der Waals surface area contributed by atoms with Gasteiger partial charge in [-0.2, -0.15) is 0 Å². The smallest absolute Gasteiger partial charge is 0.407 e. The molecule has 1 rings (SSSR count). The van der Waals surface area contributed by atoms with Crippen molar-refractivity contribution in [1.29, 1.82) is 0 Å². The second-order valence-corrected chi connectivity index (χ2v) is 3.65. The van der Waals surface area contributed by atoms with Crippen molar-refractivity contribution >= 4 is 12.1 Å². The van der Waals surface area contributed by atoms with Crippen molar-refractivity contribution in [3.63, 3.8) is 0 Å². The molecular formula is C13H15NO4. The Bertz CT molecular complexity index is 428. The molecule has 1 unspecified atom stereocenters. The zero-order valence-corrected chi connectivity index (χ0v) is 10.00. The van der Waals surface area contributed by atoms with Gasteiger partial charge in [-0.15, -0.1) is 0 Å². The predicted molar refractivity (Wildman–Crippen MR) is 66.0 cm³/mol. The summed E-state index contributed by atoms with van der Waals surface area (Å²) in [5.41, 5.74) is 0.961. The Morgan fingerprint density at radius 2 is 2.06 bits per heavy atom. The van der Waals surface area contributed by atoms with Crippen LogP contribution < -0.4 is 5.32 Å². The van der Waals surface area contributed by atoms with Crippen molar-refractivity contribution in [1.82, 2.24) is 5.32 Å². The average Bonchev–Trinajstić information content (AvgIpc) is 2.35. The number of ether oxygens (including phenoxy) is 1. The zero-order chi connectivity index (χ0) is 13.4. The van der Waals surface area contributed by atoms with Gasteiger partial charge < -0.3 is 15.2 Å². The van der Waals surface area contributed by atoms with Crippen LogP contribution in [0, 0.1) is 0 Å². The molecular weight excluding hydrogens is 234 g/mol. The van der Waals surface area contributed by atoms with Crippen LogP contribution in [0.5, 0.6) is 0 Å². The van der Waals surface area contributed by atoms with Crippen LogP contribution >= 0.6 is 0 Å². The van der Waals surface area contributed by atoms with Gasteiger partial charge in [-0.1, -0.05) is 30.3 Å². The molecule has 0 saturated carbocycles. The first kappa shape index (κ1) is 13.8. The molecule has 0 aromatic heterocycles. The van der Waals surface area contributed by atoms with Gasteiger partial charge in [0.05, 0.1) is 0 Å². The van der Waals surface area contributed by atoms with Gasteiger partial charge in [0.1, 0.15) is 6.10 Å². The molecule has 0 saturated heterocycles. The highest BCUT2D eigenvalue weighted by molar-refractivity contribution is 5.79. The van der Waals surface area contributed by atoms with E-state index in [4.69, 9.17) is 9.84 Å². The first-order valence-electron chi connectivity index (χ1n) is 5.47. The van der Waals surface area contributed by atoms with Gasteiger partial charge in [0, 0.05) is 12.6 Å². The number of hydrogen-bond donors (Lipinski definition) is 2. The minimum absolute atomic E-state index is 0.370. The van der Waals surface area contributed by atoms with Crippen LogP contribution in [0.25, 0.3) is 0 Å². The number of nitrogens with one attached hydrogen (secondary N) is 1. The predicted octanol–water partition coefficient (Wildman–Crippen LogP) is 1.94. The van der Waals surface area contributed by atoms with Crippen molar-refractivity contribution in [2.75, 3.05) is 0 Å². The quantitative estimate of drug-likeness (QED) is 0.782. The Morgan fingerprint density at radius 1 is 1.39 bits per heavy atom. The van der Waals surface area contributed by atoms with Gasteiger partial charge in [0.15, 0.2) is 0 Å². The van der Waals surface area contributed by atoms with Crippen LogP contribution in [0.3, 0.4) is 0 Å². The number of benzene rings is 1. The standard InChI is InChI=1S/C13H15NO4/c1-10(7-8-12(15)16)18-13(17)14-9-11-5-3-2-4-6-11/h2-8,10H,9H2,1H3,(H,14,17)(H,15,16). The molecule has 1 amide bonds. The summed E-state index contributed by atoms with van der Waals surface area (Å²) < 4.78 is 4.92. The fraction of sp³-hybridized carbons (Fsp3) is 0.231. The molecule has 0 heterocycles. The largest absolute Gasteiger partial charge is 0.478 e. The van der Waals surface area contributed by atoms with Crippen molar-refractivity contribution in [3.8, 4) is 0 Å². The normalized spacial score (nSPS) is 12.1. The second kappa shape index (κ2) is 7.11. The number of alkyl carbamates (subject to hydrolysis) is 1. The maximum Gasteiger partial charge on any atom is 0.407 e. The Labute approximate surface area is 105 Å². The minimum Gasteiger partial charge on any atom is -0.478 e. The summed E-state index contributed by atoms with van der Waals surface area (Å²) in [6, 6.07) is 9.41. The molecule has 0 radical (unpaired) electrons. The fourth-order valence-corrected chi connectivity index (χ4v) is 1.24. The topological polar surface area (TPSA) is 75.6 Å². The first-order valence-corrected chi connectivity index (χ1v) is 5.47. The van der Waals surface area contributed by atoms with Crippen molar-refractivity contribution < 1.29 is 19.4 Å². The molecule has 2 N–H and O–H groups in total. The molecule has 0 aliphatic rings. The summed E-state index contributed by atoms with van der Waals surface area (Å²) in [5.74, 6) is -1.07. The molecule has 1 aromatic carbocycles. The van der Waals surface area contributed by atoms with Gasteiger partial charge in [-0.25, -0.2) is 9.59 Å². The summed E-state index contributed by atoms with van der Waals surface area (Å²) in [5, 5.41) is 11.0. The number of hydrogen-bond acceptors (Lipinski definition) is 3. The van der Waals surface area contributed by atoms with Gasteiger partial charge in [0.2, 0.25) is 0 Å². The van der Waals surface area contributed by atoms with Crippen LogP contribution in [-0.4, -0.2) is 23.3 Å². The number of amides is 1. The van der Waals surface area contributed by atoms with Crippen molar-refractivity contribution in [2.45, 2.75) is 19.6 Å². The first-order chi connectivity index (χ1) is 8.58. The van der Waals surface area contributed by atoms with Crippen LogP contribution in [0.15, 0.2) is 42.5 Å². The van der Waals surface area contributed by atoms with E-state index in [2.05, 4.69) is 5.32 Å². The van der Waals surface area contributed by atoms with E-state index in [0.717, 1.165) is 11.6 Å². The van der Waals surface area contributed by atoms with Crippen molar-refractivity contribution in [3.05, 3.63) is 48.0 Å². The summed E-state index contributed by atoms with van der Waals surface area (Å²) in [4.78, 5) is 21.6. The third-order valence-electron chi connectivity index (χ3n) is 2.08. The molecule has 0 fully saturated rings. The molecule has 0 spiro atoms. The highest BCUT2D eigenvalue weighted by Crippen LogP contribution is 1.99. The van der Waals surface area contributed by atoms with E-state index in [9.17, 15) is 9.59 Å². The number of aliphatic carboxylic acids is 1. The maximum atomic E-state index is 11.4.